The van der Waals surface area contributed by atoms with Crippen molar-refractivity contribution >= 4 is 17.7 Å². The molecule has 6 heteroatoms. The van der Waals surface area contributed by atoms with Gasteiger partial charge in [-0.2, -0.15) is 0 Å². The van der Waals surface area contributed by atoms with E-state index in [1.54, 1.807) is 24.3 Å². The summed E-state index contributed by atoms with van der Waals surface area (Å²) in [7, 11) is 1.45. The van der Waals surface area contributed by atoms with Crippen LogP contribution in [0.15, 0.2) is 78.9 Å². The van der Waals surface area contributed by atoms with E-state index in [0.717, 1.165) is 16.7 Å². The van der Waals surface area contributed by atoms with Gasteiger partial charge in [-0.3, -0.25) is 14.4 Å². The summed E-state index contributed by atoms with van der Waals surface area (Å²) < 4.78 is 5.26. The lowest BCUT2D eigenvalue weighted by Gasteiger charge is -2.41. The maximum atomic E-state index is 13.4. The lowest BCUT2D eigenvalue weighted by Crippen LogP contribution is -2.46. The van der Waals surface area contributed by atoms with Crippen LogP contribution in [0, 0.1) is 11.3 Å². The van der Waals surface area contributed by atoms with Gasteiger partial charge in [0.05, 0.1) is 18.1 Å². The van der Waals surface area contributed by atoms with Crippen molar-refractivity contribution in [1.82, 2.24) is 4.90 Å². The Morgan fingerprint density at radius 1 is 0.941 bits per heavy atom. The molecule has 1 aliphatic carbocycles. The number of amides is 1. The molecule has 6 nitrogen and oxygen atoms in total. The van der Waals surface area contributed by atoms with Gasteiger partial charge >= 0.3 is 5.97 Å². The molecular weight excluding hydrogens is 430 g/mol. The number of nitrogens with zero attached hydrogens (tertiary/aromatic N) is 1. The number of Topliss-reactive ketones (excluding diaryl/α,β-unsaturated/α-hetero) is 1. The van der Waals surface area contributed by atoms with E-state index in [-0.39, 0.29) is 30.5 Å². The third kappa shape index (κ3) is 3.37. The number of carboxylic acid groups (broad SMARTS) is 1. The van der Waals surface area contributed by atoms with Gasteiger partial charge in [0, 0.05) is 24.9 Å². The molecule has 3 atom stereocenters. The Balaban J connectivity index is 1.56. The van der Waals surface area contributed by atoms with Gasteiger partial charge in [0.1, 0.15) is 5.75 Å². The average Bonchev–Trinajstić information content (AvgIpc) is 3.27. The van der Waals surface area contributed by atoms with Crippen molar-refractivity contribution in [2.45, 2.75) is 12.3 Å². The fourth-order valence-corrected chi connectivity index (χ4v) is 5.72. The van der Waals surface area contributed by atoms with Gasteiger partial charge in [0.2, 0.25) is 0 Å². The second-order valence-electron chi connectivity index (χ2n) is 9.05. The van der Waals surface area contributed by atoms with Crippen LogP contribution in [0.4, 0.5) is 0 Å². The summed E-state index contributed by atoms with van der Waals surface area (Å²) in [6.07, 6.45) is 0.319. The van der Waals surface area contributed by atoms with Crippen LogP contribution in [0.3, 0.4) is 0 Å². The van der Waals surface area contributed by atoms with Crippen LogP contribution in [0.5, 0.6) is 5.75 Å². The van der Waals surface area contributed by atoms with E-state index in [0.29, 0.717) is 12.2 Å². The van der Waals surface area contributed by atoms with Gasteiger partial charge in [-0.15, -0.1) is 0 Å². The van der Waals surface area contributed by atoms with E-state index < -0.39 is 23.1 Å². The Kier molecular flexibility index (Phi) is 5.44. The predicted molar refractivity (Wildman–Crippen MR) is 126 cm³/mol. The fraction of sp³-hybridized carbons (Fsp3) is 0.250. The molecule has 0 radical (unpaired) electrons. The highest BCUT2D eigenvalue weighted by Crippen LogP contribution is 2.54. The highest BCUT2D eigenvalue weighted by Gasteiger charge is 2.59. The molecule has 172 valence electrons. The summed E-state index contributed by atoms with van der Waals surface area (Å²) in [6.45, 7) is 0.185. The Bertz CT molecular complexity index is 1270. The van der Waals surface area contributed by atoms with Crippen molar-refractivity contribution in [3.8, 4) is 5.75 Å². The molecule has 3 unspecified atom stereocenters. The number of carboxylic acids is 1. The average molecular weight is 456 g/mol. The number of ether oxygens (including phenoxy) is 1. The molecule has 1 fully saturated rings. The number of ketones is 1. The van der Waals surface area contributed by atoms with E-state index in [2.05, 4.69) is 0 Å². The summed E-state index contributed by atoms with van der Waals surface area (Å²) in [5.74, 6) is -2.56. The van der Waals surface area contributed by atoms with Gasteiger partial charge < -0.3 is 14.7 Å². The summed E-state index contributed by atoms with van der Waals surface area (Å²) in [5.41, 5.74) is 2.07. The molecule has 1 amide bonds. The van der Waals surface area contributed by atoms with Crippen molar-refractivity contribution in [3.05, 3.63) is 101 Å². The van der Waals surface area contributed by atoms with Crippen molar-refractivity contribution in [2.75, 3.05) is 20.2 Å². The molecule has 0 bridgehead atoms. The van der Waals surface area contributed by atoms with E-state index in [1.807, 2.05) is 54.6 Å². The maximum Gasteiger partial charge on any atom is 0.312 e. The minimum Gasteiger partial charge on any atom is -0.496 e. The summed E-state index contributed by atoms with van der Waals surface area (Å²) in [4.78, 5) is 40.7. The van der Waals surface area contributed by atoms with E-state index in [4.69, 9.17) is 4.74 Å². The van der Waals surface area contributed by atoms with Crippen molar-refractivity contribution in [2.24, 2.45) is 11.3 Å². The van der Waals surface area contributed by atoms with Gasteiger partial charge in [0.25, 0.3) is 11.7 Å². The number of fused-ring (bicyclic) bond motifs is 2. The number of benzene rings is 3. The molecule has 3 aromatic carbocycles. The number of carbonyl (C=O) groups is 3. The molecule has 34 heavy (non-hydrogen) atoms. The van der Waals surface area contributed by atoms with E-state index in [1.165, 1.54) is 12.0 Å². The molecule has 0 spiro atoms. The molecule has 2 aliphatic rings. The SMILES string of the molecule is COc1ccccc1C(=O)C(=O)N1CC2C(c3ccccc3)c3ccccc3CC2(C(=O)O)C1. The number of rotatable bonds is 5. The Labute approximate surface area is 197 Å². The molecule has 1 aliphatic heterocycles. The number of aliphatic carboxylic acids is 1. The minimum atomic E-state index is -1.18. The molecule has 0 saturated carbocycles. The first-order valence-electron chi connectivity index (χ1n) is 11.3. The highest BCUT2D eigenvalue weighted by molar-refractivity contribution is 6.43. The van der Waals surface area contributed by atoms with Crippen molar-refractivity contribution < 1.29 is 24.2 Å². The molecule has 1 N–H and O–H groups in total. The molecule has 3 aromatic rings. The molecule has 5 rings (SSSR count). The quantitative estimate of drug-likeness (QED) is 0.467. The molecule has 0 aromatic heterocycles. The maximum absolute atomic E-state index is 13.4. The Morgan fingerprint density at radius 3 is 2.35 bits per heavy atom. The summed E-state index contributed by atoms with van der Waals surface area (Å²) >= 11 is 0. The largest absolute Gasteiger partial charge is 0.496 e. The third-order valence-corrected chi connectivity index (χ3v) is 7.32. The summed E-state index contributed by atoms with van der Waals surface area (Å²) in [6, 6.07) is 24.3. The number of carbonyl (C=O) groups excluding carboxylic acids is 2. The van der Waals surface area contributed by atoms with Crippen LogP contribution < -0.4 is 4.74 Å². The normalized spacial score (nSPS) is 23.0. The third-order valence-electron chi connectivity index (χ3n) is 7.32. The molecule has 1 heterocycles. The molecule has 1 saturated heterocycles. The second kappa shape index (κ2) is 8.45. The lowest BCUT2D eigenvalue weighted by atomic mass is 9.60. The minimum absolute atomic E-state index is 0.00953. The first-order valence-corrected chi connectivity index (χ1v) is 11.3. The predicted octanol–water partition coefficient (Wildman–Crippen LogP) is 3.80. The van der Waals surface area contributed by atoms with Crippen molar-refractivity contribution in [3.63, 3.8) is 0 Å². The lowest BCUT2D eigenvalue weighted by molar-refractivity contribution is -0.151. The van der Waals surface area contributed by atoms with Gasteiger partial charge in [-0.1, -0.05) is 66.7 Å². The van der Waals surface area contributed by atoms with Crippen LogP contribution >= 0.6 is 0 Å². The van der Waals surface area contributed by atoms with E-state index >= 15 is 0 Å². The zero-order valence-electron chi connectivity index (χ0n) is 18.8. The van der Waals surface area contributed by atoms with Gasteiger partial charge in [-0.05, 0) is 35.2 Å². The number of hydrogen-bond donors (Lipinski definition) is 1. The zero-order valence-corrected chi connectivity index (χ0v) is 18.8. The van der Waals surface area contributed by atoms with Crippen LogP contribution in [0.1, 0.15) is 33.0 Å². The van der Waals surface area contributed by atoms with Gasteiger partial charge in [0.15, 0.2) is 0 Å². The smallest absolute Gasteiger partial charge is 0.312 e. The van der Waals surface area contributed by atoms with Gasteiger partial charge in [-0.25, -0.2) is 0 Å². The number of para-hydroxylation sites is 1. The van der Waals surface area contributed by atoms with Crippen LogP contribution in [-0.2, 0) is 16.0 Å². The Morgan fingerprint density at radius 2 is 1.62 bits per heavy atom. The Hall–Kier alpha value is -3.93. The first kappa shape index (κ1) is 21.9. The summed E-state index contributed by atoms with van der Waals surface area (Å²) in [5, 5.41) is 10.5. The van der Waals surface area contributed by atoms with E-state index in [9.17, 15) is 19.5 Å². The number of methoxy groups -OCH3 is 1. The standard InChI is InChI=1S/C28H25NO5/c1-34-23-14-8-7-13-21(23)25(30)26(31)29-16-22-24(18-9-3-2-4-10-18)20-12-6-5-11-19(20)15-28(22,17-29)27(32)33/h2-14,22,24H,15-17H2,1H3,(H,32,33). The van der Waals surface area contributed by atoms with Crippen molar-refractivity contribution in [1.29, 1.82) is 0 Å². The highest BCUT2D eigenvalue weighted by atomic mass is 16.5. The topological polar surface area (TPSA) is 83.9 Å². The van der Waals surface area contributed by atoms with Crippen LogP contribution in [-0.4, -0.2) is 47.9 Å². The second-order valence-corrected chi connectivity index (χ2v) is 9.05. The zero-order chi connectivity index (χ0) is 23.9. The first-order chi connectivity index (χ1) is 16.5. The van der Waals surface area contributed by atoms with Crippen LogP contribution in [0.25, 0.3) is 0 Å². The number of hydrogen-bond acceptors (Lipinski definition) is 4. The number of likely N-dealkylation sites (tertiary alicyclic amines) is 1. The monoisotopic (exact) mass is 455 g/mol. The fourth-order valence-electron chi connectivity index (χ4n) is 5.72. The van der Waals surface area contributed by atoms with Crippen LogP contribution in [0.2, 0.25) is 0 Å². The molecular formula is C28H25NO5.